The molecule has 0 bridgehead atoms. The summed E-state index contributed by atoms with van der Waals surface area (Å²) in [5.74, 6) is -1.09. The SMILES string of the molecule is COC(CNC(=O)N1CCCCc2ccccc21)C(=O)O. The number of methoxy groups -OCH3 is 1. The average molecular weight is 292 g/mol. The predicted octanol–water partition coefficient (Wildman–Crippen LogP) is 1.64. The number of ether oxygens (including phenoxy) is 1. The van der Waals surface area contributed by atoms with Gasteiger partial charge in [-0.1, -0.05) is 18.2 Å². The van der Waals surface area contributed by atoms with Crippen molar-refractivity contribution in [2.45, 2.75) is 25.4 Å². The van der Waals surface area contributed by atoms with E-state index in [1.807, 2.05) is 24.3 Å². The molecule has 1 aromatic rings. The molecule has 0 spiro atoms. The fourth-order valence-electron chi connectivity index (χ4n) is 2.45. The molecule has 1 aromatic carbocycles. The van der Waals surface area contributed by atoms with Gasteiger partial charge < -0.3 is 15.2 Å². The number of carbonyl (C=O) groups is 2. The van der Waals surface area contributed by atoms with Gasteiger partial charge in [0.25, 0.3) is 0 Å². The fourth-order valence-corrected chi connectivity index (χ4v) is 2.45. The summed E-state index contributed by atoms with van der Waals surface area (Å²) in [6.45, 7) is 0.580. The Kier molecular flexibility index (Phi) is 5.16. The van der Waals surface area contributed by atoms with E-state index in [4.69, 9.17) is 9.84 Å². The number of carboxylic acids is 1. The number of rotatable bonds is 4. The summed E-state index contributed by atoms with van der Waals surface area (Å²) < 4.78 is 4.81. The number of fused-ring (bicyclic) bond motifs is 1. The number of anilines is 1. The third-order valence-corrected chi connectivity index (χ3v) is 3.60. The summed E-state index contributed by atoms with van der Waals surface area (Å²) in [7, 11) is 1.31. The highest BCUT2D eigenvalue weighted by Gasteiger charge is 2.23. The Balaban J connectivity index is 2.07. The highest BCUT2D eigenvalue weighted by molar-refractivity contribution is 5.93. The molecule has 1 unspecified atom stereocenters. The van der Waals surface area contributed by atoms with Gasteiger partial charge in [-0.3, -0.25) is 4.90 Å². The Hall–Kier alpha value is -2.08. The van der Waals surface area contributed by atoms with Gasteiger partial charge in [0.1, 0.15) is 0 Å². The highest BCUT2D eigenvalue weighted by Crippen LogP contribution is 2.25. The Morgan fingerprint density at radius 1 is 1.38 bits per heavy atom. The number of urea groups is 1. The van der Waals surface area contributed by atoms with Crippen molar-refractivity contribution in [3.63, 3.8) is 0 Å². The molecule has 2 N–H and O–H groups in total. The van der Waals surface area contributed by atoms with E-state index in [0.29, 0.717) is 6.54 Å². The number of benzene rings is 1. The van der Waals surface area contributed by atoms with Crippen LogP contribution in [0.4, 0.5) is 10.5 Å². The van der Waals surface area contributed by atoms with E-state index in [1.54, 1.807) is 4.90 Å². The Labute approximate surface area is 123 Å². The standard InChI is InChI=1S/C15H20N2O4/c1-21-13(14(18)19)10-16-15(20)17-9-5-4-7-11-6-2-3-8-12(11)17/h2-3,6,8,13H,4-5,7,9-10H2,1H3,(H,16,20)(H,18,19). The first-order valence-corrected chi connectivity index (χ1v) is 7.02. The van der Waals surface area contributed by atoms with Crippen molar-refractivity contribution in [2.75, 3.05) is 25.1 Å². The Morgan fingerprint density at radius 3 is 2.86 bits per heavy atom. The maximum atomic E-state index is 12.3. The molecule has 0 saturated carbocycles. The van der Waals surface area contributed by atoms with Crippen molar-refractivity contribution in [1.29, 1.82) is 0 Å². The number of para-hydroxylation sites is 1. The number of carboxylic acid groups (broad SMARTS) is 1. The molecule has 1 aliphatic rings. The van der Waals surface area contributed by atoms with E-state index < -0.39 is 12.1 Å². The first-order chi connectivity index (χ1) is 10.1. The number of hydrogen-bond acceptors (Lipinski definition) is 3. The van der Waals surface area contributed by atoms with Gasteiger partial charge in [-0.25, -0.2) is 9.59 Å². The van der Waals surface area contributed by atoms with E-state index >= 15 is 0 Å². The quantitative estimate of drug-likeness (QED) is 0.884. The maximum Gasteiger partial charge on any atom is 0.334 e. The van der Waals surface area contributed by atoms with Gasteiger partial charge in [-0.2, -0.15) is 0 Å². The Bertz CT molecular complexity index is 518. The van der Waals surface area contributed by atoms with Crippen LogP contribution in [0.1, 0.15) is 18.4 Å². The van der Waals surface area contributed by atoms with Crippen molar-refractivity contribution < 1.29 is 19.4 Å². The van der Waals surface area contributed by atoms with Crippen molar-refractivity contribution in [3.05, 3.63) is 29.8 Å². The normalized spacial score (nSPS) is 15.8. The van der Waals surface area contributed by atoms with Crippen molar-refractivity contribution in [2.24, 2.45) is 0 Å². The maximum absolute atomic E-state index is 12.3. The predicted molar refractivity (Wildman–Crippen MR) is 78.6 cm³/mol. The van der Waals surface area contributed by atoms with Crippen molar-refractivity contribution in [1.82, 2.24) is 5.32 Å². The van der Waals surface area contributed by atoms with Crippen molar-refractivity contribution >= 4 is 17.7 Å². The molecule has 21 heavy (non-hydrogen) atoms. The third-order valence-electron chi connectivity index (χ3n) is 3.60. The van der Waals surface area contributed by atoms with Gasteiger partial charge in [0, 0.05) is 19.3 Å². The highest BCUT2D eigenvalue weighted by atomic mass is 16.5. The summed E-state index contributed by atoms with van der Waals surface area (Å²) in [4.78, 5) is 24.9. The Morgan fingerprint density at radius 2 is 2.14 bits per heavy atom. The van der Waals surface area contributed by atoms with E-state index in [1.165, 1.54) is 7.11 Å². The zero-order valence-corrected chi connectivity index (χ0v) is 12.0. The van der Waals surface area contributed by atoms with E-state index in [-0.39, 0.29) is 12.6 Å². The van der Waals surface area contributed by atoms with E-state index in [2.05, 4.69) is 5.32 Å². The molecule has 0 aromatic heterocycles. The molecule has 1 aliphatic heterocycles. The minimum absolute atomic E-state index is 0.0522. The fraction of sp³-hybridized carbons (Fsp3) is 0.467. The van der Waals surface area contributed by atoms with Crippen LogP contribution in [0, 0.1) is 0 Å². The molecule has 114 valence electrons. The number of aliphatic carboxylic acids is 1. The summed E-state index contributed by atoms with van der Waals surface area (Å²) >= 11 is 0. The van der Waals surface area contributed by atoms with E-state index in [0.717, 1.165) is 30.5 Å². The molecule has 0 saturated heterocycles. The van der Waals surface area contributed by atoms with Crippen LogP contribution < -0.4 is 10.2 Å². The van der Waals surface area contributed by atoms with Gasteiger partial charge in [0.2, 0.25) is 0 Å². The molecule has 1 heterocycles. The van der Waals surface area contributed by atoms with Gasteiger partial charge in [-0.05, 0) is 30.9 Å². The smallest absolute Gasteiger partial charge is 0.334 e. The van der Waals surface area contributed by atoms with Crippen LogP contribution >= 0.6 is 0 Å². The van der Waals surface area contributed by atoms with Gasteiger partial charge >= 0.3 is 12.0 Å². The lowest BCUT2D eigenvalue weighted by molar-refractivity contribution is -0.147. The van der Waals surface area contributed by atoms with Crippen LogP contribution in [0.5, 0.6) is 0 Å². The minimum Gasteiger partial charge on any atom is -0.479 e. The molecule has 2 amide bonds. The number of amides is 2. The molecule has 1 atom stereocenters. The van der Waals surface area contributed by atoms with Crippen LogP contribution in [-0.2, 0) is 16.0 Å². The van der Waals surface area contributed by atoms with Gasteiger partial charge in [-0.15, -0.1) is 0 Å². The van der Waals surface area contributed by atoms with Crippen LogP contribution in [0.25, 0.3) is 0 Å². The number of carbonyl (C=O) groups excluding carboxylic acids is 1. The summed E-state index contributed by atoms with van der Waals surface area (Å²) in [6.07, 6.45) is 1.89. The molecule has 0 aliphatic carbocycles. The topological polar surface area (TPSA) is 78.9 Å². The second kappa shape index (κ2) is 7.08. The monoisotopic (exact) mass is 292 g/mol. The number of aryl methyl sites for hydroxylation is 1. The van der Waals surface area contributed by atoms with Gasteiger partial charge in [0.05, 0.1) is 6.54 Å². The number of nitrogens with one attached hydrogen (secondary N) is 1. The molecule has 0 radical (unpaired) electrons. The second-order valence-electron chi connectivity index (χ2n) is 4.99. The first kappa shape index (κ1) is 15.3. The third kappa shape index (κ3) is 3.72. The van der Waals surface area contributed by atoms with Crippen LogP contribution in [0.2, 0.25) is 0 Å². The summed E-state index contributed by atoms with van der Waals surface area (Å²) in [5.41, 5.74) is 2.04. The summed E-state index contributed by atoms with van der Waals surface area (Å²) in [6, 6.07) is 7.53. The number of hydrogen-bond donors (Lipinski definition) is 2. The molecule has 6 heteroatoms. The zero-order valence-electron chi connectivity index (χ0n) is 12.0. The largest absolute Gasteiger partial charge is 0.479 e. The minimum atomic E-state index is -1.09. The van der Waals surface area contributed by atoms with Gasteiger partial charge in [0.15, 0.2) is 6.10 Å². The van der Waals surface area contributed by atoms with Crippen LogP contribution in [0.15, 0.2) is 24.3 Å². The summed E-state index contributed by atoms with van der Waals surface area (Å²) in [5, 5.41) is 11.5. The van der Waals surface area contributed by atoms with Crippen LogP contribution in [-0.4, -0.2) is 43.4 Å². The number of nitrogens with zero attached hydrogens (tertiary/aromatic N) is 1. The molecular weight excluding hydrogens is 272 g/mol. The lowest BCUT2D eigenvalue weighted by Crippen LogP contribution is -2.45. The van der Waals surface area contributed by atoms with Crippen LogP contribution in [0.3, 0.4) is 0 Å². The second-order valence-corrected chi connectivity index (χ2v) is 4.99. The van der Waals surface area contributed by atoms with Crippen molar-refractivity contribution in [3.8, 4) is 0 Å². The average Bonchev–Trinajstić information content (AvgIpc) is 2.69. The molecule has 6 nitrogen and oxygen atoms in total. The molecule has 0 fully saturated rings. The molecule has 2 rings (SSSR count). The lowest BCUT2D eigenvalue weighted by Gasteiger charge is -2.24. The first-order valence-electron chi connectivity index (χ1n) is 7.02. The zero-order chi connectivity index (χ0) is 15.2. The van der Waals surface area contributed by atoms with E-state index in [9.17, 15) is 9.59 Å². The lowest BCUT2D eigenvalue weighted by atomic mass is 10.1. The molecular formula is C15H20N2O4.